The Labute approximate surface area is 117 Å². The molecule has 0 atom stereocenters. The average Bonchev–Trinajstić information content (AvgIpc) is 2.77. The number of hydrogen-bond donors (Lipinski definition) is 0. The van der Waals surface area contributed by atoms with Crippen molar-refractivity contribution in [2.24, 2.45) is 14.1 Å². The van der Waals surface area contributed by atoms with Crippen LogP contribution in [-0.4, -0.2) is 17.8 Å². The highest BCUT2D eigenvalue weighted by Crippen LogP contribution is 2.33. The van der Waals surface area contributed by atoms with Gasteiger partial charge in [-0.3, -0.25) is 4.90 Å². The third-order valence-electron chi connectivity index (χ3n) is 5.14. The Balaban J connectivity index is 1.85. The maximum atomic E-state index is 2.58. The third-order valence-corrected chi connectivity index (χ3v) is 5.14. The van der Waals surface area contributed by atoms with Crippen molar-refractivity contribution < 1.29 is 4.68 Å². The van der Waals surface area contributed by atoms with Gasteiger partial charge in [-0.2, -0.15) is 4.68 Å². The average molecular weight is 262 g/mol. The van der Waals surface area contributed by atoms with Gasteiger partial charge in [0.25, 0.3) is 5.82 Å². The molecule has 0 amide bonds. The van der Waals surface area contributed by atoms with E-state index in [0.717, 1.165) is 5.92 Å². The Kier molecular flexibility index (Phi) is 3.81. The normalized spacial score (nSPS) is 21.9. The van der Waals surface area contributed by atoms with Gasteiger partial charge in [0.05, 0.1) is 24.8 Å². The fourth-order valence-electron chi connectivity index (χ4n) is 3.85. The summed E-state index contributed by atoms with van der Waals surface area (Å²) in [6, 6.07) is 2.47. The Morgan fingerprint density at radius 3 is 2.32 bits per heavy atom. The first kappa shape index (κ1) is 13.0. The molecule has 0 aromatic carbocycles. The van der Waals surface area contributed by atoms with Crippen LogP contribution in [0.1, 0.15) is 63.0 Å². The van der Waals surface area contributed by atoms with Crippen molar-refractivity contribution in [3.8, 4) is 0 Å². The number of rotatable bonds is 2. The first-order valence-electron chi connectivity index (χ1n) is 8.08. The van der Waals surface area contributed by atoms with Gasteiger partial charge < -0.3 is 0 Å². The maximum absolute atomic E-state index is 2.58. The molecule has 2 heterocycles. The molecule has 0 N–H and O–H groups in total. The van der Waals surface area contributed by atoms with Gasteiger partial charge in [0.2, 0.25) is 0 Å². The van der Waals surface area contributed by atoms with Crippen LogP contribution in [0.3, 0.4) is 0 Å². The van der Waals surface area contributed by atoms with E-state index in [1.54, 1.807) is 5.69 Å². The largest absolute Gasteiger partial charge is 0.297 e. The second kappa shape index (κ2) is 5.56. The SMILES string of the molecule is Cn1c(C2CCCCC2)cc(N2CCCCC2)[n+]1C. The van der Waals surface area contributed by atoms with Crippen LogP contribution in [0.5, 0.6) is 0 Å². The summed E-state index contributed by atoms with van der Waals surface area (Å²) < 4.78 is 4.75. The lowest BCUT2D eigenvalue weighted by Crippen LogP contribution is -2.45. The van der Waals surface area contributed by atoms with E-state index >= 15 is 0 Å². The number of aromatic nitrogens is 2. The molecule has 19 heavy (non-hydrogen) atoms. The van der Waals surface area contributed by atoms with Gasteiger partial charge in [-0.15, -0.1) is 0 Å². The zero-order valence-corrected chi connectivity index (χ0v) is 12.6. The summed E-state index contributed by atoms with van der Waals surface area (Å²) in [5.41, 5.74) is 1.56. The number of anilines is 1. The van der Waals surface area contributed by atoms with Crippen LogP contribution in [0.15, 0.2) is 6.07 Å². The highest BCUT2D eigenvalue weighted by Gasteiger charge is 2.28. The summed E-state index contributed by atoms with van der Waals surface area (Å²) in [6.07, 6.45) is 11.2. The van der Waals surface area contributed by atoms with Gasteiger partial charge in [-0.1, -0.05) is 19.3 Å². The smallest absolute Gasteiger partial charge is 0.260 e. The summed E-state index contributed by atoms with van der Waals surface area (Å²) in [5, 5.41) is 0. The lowest BCUT2D eigenvalue weighted by molar-refractivity contribution is -0.740. The zero-order valence-electron chi connectivity index (χ0n) is 12.6. The van der Waals surface area contributed by atoms with Crippen molar-refractivity contribution in [1.29, 1.82) is 0 Å². The number of nitrogens with zero attached hydrogens (tertiary/aromatic N) is 3. The molecule has 3 heteroatoms. The summed E-state index contributed by atoms with van der Waals surface area (Å²) >= 11 is 0. The Hall–Kier alpha value is -0.990. The van der Waals surface area contributed by atoms with Crippen molar-refractivity contribution in [2.45, 2.75) is 57.3 Å². The van der Waals surface area contributed by atoms with Gasteiger partial charge in [-0.05, 0) is 32.1 Å². The van der Waals surface area contributed by atoms with Crippen LogP contribution in [-0.2, 0) is 14.1 Å². The fraction of sp³-hybridized carbons (Fsp3) is 0.812. The molecular formula is C16H28N3+. The van der Waals surface area contributed by atoms with Crippen LogP contribution in [0.25, 0.3) is 0 Å². The molecule has 0 unspecified atom stereocenters. The molecule has 0 bridgehead atoms. The van der Waals surface area contributed by atoms with Gasteiger partial charge in [0, 0.05) is 13.0 Å². The minimum atomic E-state index is 0.795. The topological polar surface area (TPSA) is 12.1 Å². The summed E-state index contributed by atoms with van der Waals surface area (Å²) in [7, 11) is 4.45. The standard InChI is InChI=1S/C16H28N3/c1-17-15(14-9-5-3-6-10-14)13-16(18(17)2)19-11-7-4-8-12-19/h13-14H,3-12H2,1-2H3/q+1. The Morgan fingerprint density at radius 2 is 1.63 bits per heavy atom. The second-order valence-corrected chi connectivity index (χ2v) is 6.36. The predicted octanol–water partition coefficient (Wildman–Crippen LogP) is 2.89. The maximum Gasteiger partial charge on any atom is 0.297 e. The molecule has 0 spiro atoms. The van der Waals surface area contributed by atoms with E-state index in [4.69, 9.17) is 0 Å². The molecule has 1 aliphatic heterocycles. The lowest BCUT2D eigenvalue weighted by atomic mass is 9.87. The van der Waals surface area contributed by atoms with E-state index in [1.165, 1.54) is 70.3 Å². The van der Waals surface area contributed by atoms with E-state index in [2.05, 4.69) is 34.4 Å². The molecule has 1 aromatic rings. The molecule has 106 valence electrons. The first-order valence-corrected chi connectivity index (χ1v) is 8.08. The third kappa shape index (κ3) is 2.52. The molecule has 1 saturated carbocycles. The quantitative estimate of drug-likeness (QED) is 0.746. The van der Waals surface area contributed by atoms with Crippen molar-refractivity contribution in [1.82, 2.24) is 4.68 Å². The van der Waals surface area contributed by atoms with E-state index in [-0.39, 0.29) is 0 Å². The Bertz CT molecular complexity index is 385. The van der Waals surface area contributed by atoms with Gasteiger partial charge in [0.1, 0.15) is 7.05 Å². The number of hydrogen-bond acceptors (Lipinski definition) is 1. The number of piperidine rings is 1. The molecule has 0 radical (unpaired) electrons. The summed E-state index contributed by atoms with van der Waals surface area (Å²) in [4.78, 5) is 2.58. The Morgan fingerprint density at radius 1 is 1.00 bits per heavy atom. The highest BCUT2D eigenvalue weighted by molar-refractivity contribution is 5.36. The minimum Gasteiger partial charge on any atom is -0.260 e. The van der Waals surface area contributed by atoms with Crippen LogP contribution >= 0.6 is 0 Å². The van der Waals surface area contributed by atoms with Crippen LogP contribution in [0.2, 0.25) is 0 Å². The predicted molar refractivity (Wildman–Crippen MR) is 78.5 cm³/mol. The summed E-state index contributed by atoms with van der Waals surface area (Å²) in [5.74, 6) is 2.23. The molecule has 1 aliphatic carbocycles. The van der Waals surface area contributed by atoms with Crippen LogP contribution < -0.4 is 9.58 Å². The monoisotopic (exact) mass is 262 g/mol. The van der Waals surface area contributed by atoms with Gasteiger partial charge in [-0.25, -0.2) is 4.68 Å². The second-order valence-electron chi connectivity index (χ2n) is 6.36. The van der Waals surface area contributed by atoms with E-state index in [0.29, 0.717) is 0 Å². The fourth-order valence-corrected chi connectivity index (χ4v) is 3.85. The lowest BCUT2D eigenvalue weighted by Gasteiger charge is -2.21. The summed E-state index contributed by atoms with van der Waals surface area (Å²) in [6.45, 7) is 2.48. The van der Waals surface area contributed by atoms with Crippen LogP contribution in [0, 0.1) is 0 Å². The van der Waals surface area contributed by atoms with E-state index in [9.17, 15) is 0 Å². The highest BCUT2D eigenvalue weighted by atomic mass is 15.4. The van der Waals surface area contributed by atoms with Crippen molar-refractivity contribution in [2.75, 3.05) is 18.0 Å². The van der Waals surface area contributed by atoms with Crippen molar-refractivity contribution in [3.05, 3.63) is 11.8 Å². The van der Waals surface area contributed by atoms with Gasteiger partial charge >= 0.3 is 0 Å². The van der Waals surface area contributed by atoms with Crippen molar-refractivity contribution >= 4 is 5.82 Å². The van der Waals surface area contributed by atoms with Crippen LogP contribution in [0.4, 0.5) is 5.82 Å². The molecular weight excluding hydrogens is 234 g/mol. The molecule has 1 aromatic heterocycles. The minimum absolute atomic E-state index is 0.795. The molecule has 3 rings (SSSR count). The first-order chi connectivity index (χ1) is 9.27. The van der Waals surface area contributed by atoms with Crippen molar-refractivity contribution in [3.63, 3.8) is 0 Å². The molecule has 2 aliphatic rings. The van der Waals surface area contributed by atoms with Gasteiger partial charge in [0.15, 0.2) is 0 Å². The zero-order chi connectivity index (χ0) is 13.2. The molecule has 2 fully saturated rings. The van der Waals surface area contributed by atoms with E-state index in [1.807, 2.05) is 0 Å². The molecule has 1 saturated heterocycles. The van der Waals surface area contributed by atoms with E-state index < -0.39 is 0 Å². The molecule has 3 nitrogen and oxygen atoms in total.